The lowest BCUT2D eigenvalue weighted by molar-refractivity contribution is -0.384. The molecule has 0 radical (unpaired) electrons. The maximum atomic E-state index is 11.1. The molecule has 0 aromatic heterocycles. The van der Waals surface area contributed by atoms with Crippen LogP contribution >= 0.6 is 11.8 Å². The Kier molecular flexibility index (Phi) is 5.45. The lowest BCUT2D eigenvalue weighted by Crippen LogP contribution is -2.25. The smallest absolute Gasteiger partial charge is 0.258 e. The van der Waals surface area contributed by atoms with Gasteiger partial charge in [0, 0.05) is 17.0 Å². The van der Waals surface area contributed by atoms with Crippen LogP contribution in [0.5, 0.6) is 0 Å². The Morgan fingerprint density at radius 1 is 0.586 bits per heavy atom. The fourth-order valence-corrected chi connectivity index (χ4v) is 4.90. The largest absolute Gasteiger partial charge is 0.269 e. The number of hydrogen-bond donors (Lipinski definition) is 0. The van der Waals surface area contributed by atoms with Crippen LogP contribution < -0.4 is 0 Å². The van der Waals surface area contributed by atoms with E-state index in [0.29, 0.717) is 0 Å². The van der Waals surface area contributed by atoms with Crippen molar-refractivity contribution < 1.29 is 4.92 Å². The minimum Gasteiger partial charge on any atom is -0.258 e. The second kappa shape index (κ2) is 8.33. The summed E-state index contributed by atoms with van der Waals surface area (Å²) in [4.78, 5) is 11.7. The Hall–Kier alpha value is -3.37. The highest BCUT2D eigenvalue weighted by Gasteiger charge is 2.37. The zero-order valence-corrected chi connectivity index (χ0v) is 16.5. The zero-order valence-electron chi connectivity index (χ0n) is 15.6. The first-order valence-electron chi connectivity index (χ1n) is 9.30. The SMILES string of the molecule is O=[N+]([O-])c1ccc(SC(c2ccccc2)(c2ccccc2)c2ccccc2)cc1. The number of thioether (sulfide) groups is 1. The zero-order chi connectivity index (χ0) is 20.1. The standard InChI is InChI=1S/C25H19NO2S/c27-26(28)23-16-18-24(19-17-23)29-25(20-10-4-1-5-11-20,21-12-6-2-7-13-21)22-14-8-3-9-15-22/h1-19H. The third-order valence-electron chi connectivity index (χ3n) is 4.86. The maximum Gasteiger partial charge on any atom is 0.269 e. The molecule has 0 fully saturated rings. The van der Waals surface area contributed by atoms with Crippen LogP contribution in [0.15, 0.2) is 120 Å². The molecule has 4 rings (SSSR count). The summed E-state index contributed by atoms with van der Waals surface area (Å²) >= 11 is 1.69. The Balaban J connectivity index is 1.93. The van der Waals surface area contributed by atoms with Crippen molar-refractivity contribution in [1.82, 2.24) is 0 Å². The van der Waals surface area contributed by atoms with Gasteiger partial charge in [0.05, 0.1) is 9.67 Å². The molecular formula is C25H19NO2S. The highest BCUT2D eigenvalue weighted by atomic mass is 32.2. The van der Waals surface area contributed by atoms with E-state index in [-0.39, 0.29) is 10.6 Å². The minimum atomic E-state index is -0.486. The van der Waals surface area contributed by atoms with Crippen molar-refractivity contribution >= 4 is 17.4 Å². The summed E-state index contributed by atoms with van der Waals surface area (Å²) in [5.74, 6) is 0. The van der Waals surface area contributed by atoms with E-state index in [1.54, 1.807) is 23.9 Å². The molecule has 3 nitrogen and oxygen atoms in total. The van der Waals surface area contributed by atoms with E-state index in [0.717, 1.165) is 21.6 Å². The number of non-ortho nitro benzene ring substituents is 1. The van der Waals surface area contributed by atoms with Crippen molar-refractivity contribution in [3.63, 3.8) is 0 Å². The fourth-order valence-electron chi connectivity index (χ4n) is 3.51. The molecule has 0 spiro atoms. The van der Waals surface area contributed by atoms with E-state index in [1.807, 2.05) is 66.7 Å². The predicted octanol–water partition coefficient (Wildman–Crippen LogP) is 6.68. The lowest BCUT2D eigenvalue weighted by Gasteiger charge is -2.35. The van der Waals surface area contributed by atoms with E-state index in [9.17, 15) is 10.1 Å². The number of nitro benzene ring substituents is 1. The Bertz CT molecular complexity index is 985. The summed E-state index contributed by atoms with van der Waals surface area (Å²) in [6.45, 7) is 0. The van der Waals surface area contributed by atoms with Crippen molar-refractivity contribution in [2.24, 2.45) is 0 Å². The summed E-state index contributed by atoms with van der Waals surface area (Å²) in [7, 11) is 0. The average Bonchev–Trinajstić information content (AvgIpc) is 2.79. The van der Waals surface area contributed by atoms with Crippen molar-refractivity contribution in [3.8, 4) is 0 Å². The van der Waals surface area contributed by atoms with Gasteiger partial charge < -0.3 is 0 Å². The van der Waals surface area contributed by atoms with Crippen LogP contribution in [0.25, 0.3) is 0 Å². The molecule has 4 aromatic rings. The molecule has 0 aliphatic heterocycles. The minimum absolute atomic E-state index is 0.0964. The van der Waals surface area contributed by atoms with E-state index in [2.05, 4.69) is 36.4 Å². The summed E-state index contributed by atoms with van der Waals surface area (Å²) in [6.07, 6.45) is 0. The van der Waals surface area contributed by atoms with E-state index < -0.39 is 4.75 Å². The average molecular weight is 397 g/mol. The van der Waals surface area contributed by atoms with Gasteiger partial charge in [-0.1, -0.05) is 91.0 Å². The molecule has 4 heteroatoms. The number of nitrogens with zero attached hydrogens (tertiary/aromatic N) is 1. The van der Waals surface area contributed by atoms with Gasteiger partial charge in [0.15, 0.2) is 0 Å². The summed E-state index contributed by atoms with van der Waals surface area (Å²) < 4.78 is -0.486. The predicted molar refractivity (Wildman–Crippen MR) is 118 cm³/mol. The van der Waals surface area contributed by atoms with Crippen LogP contribution in [0.4, 0.5) is 5.69 Å². The third kappa shape index (κ3) is 3.80. The van der Waals surface area contributed by atoms with Gasteiger partial charge in [-0.2, -0.15) is 0 Å². The highest BCUT2D eigenvalue weighted by molar-refractivity contribution is 8.00. The number of rotatable bonds is 6. The monoisotopic (exact) mass is 397 g/mol. The van der Waals surface area contributed by atoms with E-state index in [4.69, 9.17) is 0 Å². The first kappa shape index (κ1) is 19.0. The summed E-state index contributed by atoms with van der Waals surface area (Å²) in [5.41, 5.74) is 3.56. The first-order valence-corrected chi connectivity index (χ1v) is 10.1. The molecule has 0 amide bonds. The van der Waals surface area contributed by atoms with Crippen LogP contribution in [0.1, 0.15) is 16.7 Å². The number of hydrogen-bond acceptors (Lipinski definition) is 3. The summed E-state index contributed by atoms with van der Waals surface area (Å²) in [5, 5.41) is 11.1. The van der Waals surface area contributed by atoms with Gasteiger partial charge in [0.1, 0.15) is 0 Å². The topological polar surface area (TPSA) is 43.1 Å². The molecule has 0 bridgehead atoms. The van der Waals surface area contributed by atoms with Gasteiger partial charge in [0.25, 0.3) is 5.69 Å². The normalized spacial score (nSPS) is 11.2. The molecule has 0 saturated heterocycles. The van der Waals surface area contributed by atoms with Gasteiger partial charge in [-0.3, -0.25) is 10.1 Å². The molecule has 29 heavy (non-hydrogen) atoms. The van der Waals surface area contributed by atoms with Gasteiger partial charge in [-0.15, -0.1) is 11.8 Å². The van der Waals surface area contributed by atoms with Crippen molar-refractivity contribution in [2.75, 3.05) is 0 Å². The van der Waals surface area contributed by atoms with Crippen molar-refractivity contribution in [3.05, 3.63) is 142 Å². The second-order valence-corrected chi connectivity index (χ2v) is 7.92. The van der Waals surface area contributed by atoms with Gasteiger partial charge in [0.2, 0.25) is 0 Å². The lowest BCUT2D eigenvalue weighted by atomic mass is 9.84. The van der Waals surface area contributed by atoms with Crippen LogP contribution in [0.3, 0.4) is 0 Å². The van der Waals surface area contributed by atoms with E-state index >= 15 is 0 Å². The molecule has 0 N–H and O–H groups in total. The molecule has 0 saturated carbocycles. The quantitative estimate of drug-likeness (QED) is 0.158. The highest BCUT2D eigenvalue weighted by Crippen LogP contribution is 2.51. The van der Waals surface area contributed by atoms with Crippen molar-refractivity contribution in [2.45, 2.75) is 9.64 Å². The molecule has 4 aromatic carbocycles. The Morgan fingerprint density at radius 2 is 0.966 bits per heavy atom. The van der Waals surface area contributed by atoms with Crippen LogP contribution in [0.2, 0.25) is 0 Å². The van der Waals surface area contributed by atoms with Crippen LogP contribution in [0, 0.1) is 10.1 Å². The molecule has 0 unspecified atom stereocenters. The van der Waals surface area contributed by atoms with Gasteiger partial charge in [-0.05, 0) is 28.8 Å². The van der Waals surface area contributed by atoms with E-state index in [1.165, 1.54) is 0 Å². The molecule has 142 valence electrons. The molecular weight excluding hydrogens is 378 g/mol. The first-order chi connectivity index (χ1) is 14.2. The number of benzene rings is 4. The third-order valence-corrected chi connectivity index (χ3v) is 6.38. The van der Waals surface area contributed by atoms with Crippen molar-refractivity contribution in [1.29, 1.82) is 0 Å². The molecule has 0 aliphatic carbocycles. The molecule has 0 aliphatic rings. The second-order valence-electron chi connectivity index (χ2n) is 6.63. The Labute approximate surface area is 174 Å². The van der Waals surface area contributed by atoms with Crippen LogP contribution in [-0.2, 0) is 4.75 Å². The maximum absolute atomic E-state index is 11.1. The van der Waals surface area contributed by atoms with Crippen LogP contribution in [-0.4, -0.2) is 4.92 Å². The Morgan fingerprint density at radius 3 is 1.31 bits per heavy atom. The fraction of sp³-hybridized carbons (Fsp3) is 0.0400. The number of nitro groups is 1. The summed E-state index contributed by atoms with van der Waals surface area (Å²) in [6, 6.07) is 37.9. The molecule has 0 heterocycles. The van der Waals surface area contributed by atoms with Gasteiger partial charge in [-0.25, -0.2) is 0 Å². The molecule has 0 atom stereocenters. The van der Waals surface area contributed by atoms with Gasteiger partial charge >= 0.3 is 0 Å².